The fourth-order valence-corrected chi connectivity index (χ4v) is 2.72. The van der Waals surface area contributed by atoms with Gasteiger partial charge in [-0.05, 0) is 19.8 Å². The van der Waals surface area contributed by atoms with Gasteiger partial charge >= 0.3 is 0 Å². The first-order chi connectivity index (χ1) is 8.43. The average Bonchev–Trinajstić information content (AvgIpc) is 2.37. The second kappa shape index (κ2) is 7.12. The lowest BCUT2D eigenvalue weighted by Gasteiger charge is -2.32. The molecule has 0 aromatic heterocycles. The van der Waals surface area contributed by atoms with Gasteiger partial charge in [-0.2, -0.15) is 0 Å². The molecule has 0 radical (unpaired) electrons. The number of rotatable bonds is 4. The summed E-state index contributed by atoms with van der Waals surface area (Å²) >= 11 is 3.23. The minimum Gasteiger partial charge on any atom is -0.341 e. The van der Waals surface area contributed by atoms with Crippen molar-refractivity contribution in [3.63, 3.8) is 0 Å². The highest BCUT2D eigenvalue weighted by Crippen LogP contribution is 2.21. The molecule has 1 fully saturated rings. The number of likely N-dealkylation sites (N-methyl/N-ethyl adjacent to an activating group) is 2. The van der Waals surface area contributed by atoms with Crippen molar-refractivity contribution in [2.45, 2.75) is 49.9 Å². The molecule has 0 aromatic rings. The van der Waals surface area contributed by atoms with Crippen LogP contribution < -0.4 is 0 Å². The normalized spacial score (nSPS) is 18.2. The third kappa shape index (κ3) is 4.26. The lowest BCUT2D eigenvalue weighted by molar-refractivity contribution is -0.139. The zero-order chi connectivity index (χ0) is 13.7. The lowest BCUT2D eigenvalue weighted by atomic mass is 9.94. The monoisotopic (exact) mass is 318 g/mol. The van der Waals surface area contributed by atoms with E-state index in [-0.39, 0.29) is 23.2 Å². The summed E-state index contributed by atoms with van der Waals surface area (Å²) in [6.45, 7) is 1.94. The molecule has 1 rings (SSSR count). The highest BCUT2D eigenvalue weighted by Gasteiger charge is 2.24. The van der Waals surface area contributed by atoms with E-state index in [0.29, 0.717) is 6.04 Å². The summed E-state index contributed by atoms with van der Waals surface area (Å²) in [5.74, 6) is -0.0219. The van der Waals surface area contributed by atoms with E-state index in [1.807, 2.05) is 11.9 Å². The summed E-state index contributed by atoms with van der Waals surface area (Å²) < 4.78 is 0. The molecular weight excluding hydrogens is 296 g/mol. The molecule has 18 heavy (non-hydrogen) atoms. The number of halogens is 1. The molecule has 0 aromatic carbocycles. The number of carbonyl (C=O) groups excluding carboxylic acids is 2. The van der Waals surface area contributed by atoms with Crippen LogP contribution in [-0.2, 0) is 9.59 Å². The lowest BCUT2D eigenvalue weighted by Crippen LogP contribution is -2.45. The van der Waals surface area contributed by atoms with Gasteiger partial charge in [-0.25, -0.2) is 0 Å². The molecular formula is C13H23BrN2O2. The Kier molecular flexibility index (Phi) is 6.12. The van der Waals surface area contributed by atoms with Crippen molar-refractivity contribution in [2.24, 2.45) is 0 Å². The molecule has 0 spiro atoms. The van der Waals surface area contributed by atoms with E-state index in [2.05, 4.69) is 15.9 Å². The molecule has 1 atom stereocenters. The van der Waals surface area contributed by atoms with Crippen molar-refractivity contribution in [3.05, 3.63) is 0 Å². The van der Waals surface area contributed by atoms with Crippen LogP contribution in [0.4, 0.5) is 0 Å². The van der Waals surface area contributed by atoms with Gasteiger partial charge in [0, 0.05) is 20.1 Å². The second-order valence-corrected chi connectivity index (χ2v) is 6.48. The van der Waals surface area contributed by atoms with Crippen LogP contribution in [0.5, 0.6) is 0 Å². The maximum Gasteiger partial charge on any atom is 0.242 e. The van der Waals surface area contributed by atoms with Crippen molar-refractivity contribution in [1.82, 2.24) is 9.80 Å². The third-order valence-electron chi connectivity index (χ3n) is 3.60. The van der Waals surface area contributed by atoms with Crippen molar-refractivity contribution in [1.29, 1.82) is 0 Å². The highest BCUT2D eigenvalue weighted by molar-refractivity contribution is 9.10. The Balaban J connectivity index is 2.46. The topological polar surface area (TPSA) is 40.6 Å². The highest BCUT2D eigenvalue weighted by atomic mass is 79.9. The van der Waals surface area contributed by atoms with Gasteiger partial charge in [0.05, 0.1) is 11.4 Å². The first-order valence-corrected chi connectivity index (χ1v) is 7.49. The van der Waals surface area contributed by atoms with E-state index in [4.69, 9.17) is 0 Å². The summed E-state index contributed by atoms with van der Waals surface area (Å²) in [6.07, 6.45) is 5.87. The van der Waals surface area contributed by atoms with Crippen LogP contribution >= 0.6 is 15.9 Å². The average molecular weight is 319 g/mol. The van der Waals surface area contributed by atoms with Gasteiger partial charge in [0.1, 0.15) is 0 Å². The van der Waals surface area contributed by atoms with E-state index in [9.17, 15) is 9.59 Å². The largest absolute Gasteiger partial charge is 0.341 e. The van der Waals surface area contributed by atoms with E-state index in [1.165, 1.54) is 24.2 Å². The Labute approximate surface area is 118 Å². The fraction of sp³-hybridized carbons (Fsp3) is 0.846. The fourth-order valence-electron chi connectivity index (χ4n) is 2.37. The van der Waals surface area contributed by atoms with Crippen molar-refractivity contribution < 1.29 is 9.59 Å². The van der Waals surface area contributed by atoms with Crippen LogP contribution in [-0.4, -0.2) is 53.1 Å². The van der Waals surface area contributed by atoms with Gasteiger partial charge in [0.25, 0.3) is 0 Å². The van der Waals surface area contributed by atoms with E-state index < -0.39 is 0 Å². The van der Waals surface area contributed by atoms with Crippen LogP contribution in [0.3, 0.4) is 0 Å². The van der Waals surface area contributed by atoms with Crippen molar-refractivity contribution >= 4 is 27.7 Å². The van der Waals surface area contributed by atoms with Crippen LogP contribution in [0.1, 0.15) is 39.0 Å². The smallest absolute Gasteiger partial charge is 0.242 e. The first kappa shape index (κ1) is 15.5. The predicted molar refractivity (Wildman–Crippen MR) is 75.7 cm³/mol. The molecule has 0 bridgehead atoms. The summed E-state index contributed by atoms with van der Waals surface area (Å²) in [5.41, 5.74) is 0. The Bertz CT molecular complexity index is 301. The quantitative estimate of drug-likeness (QED) is 0.744. The van der Waals surface area contributed by atoms with Crippen LogP contribution in [0.2, 0.25) is 0 Å². The van der Waals surface area contributed by atoms with Crippen LogP contribution in [0, 0.1) is 0 Å². The van der Waals surface area contributed by atoms with Gasteiger partial charge < -0.3 is 9.80 Å². The zero-order valence-corrected chi connectivity index (χ0v) is 13.1. The maximum absolute atomic E-state index is 12.1. The number of hydrogen-bond acceptors (Lipinski definition) is 2. The summed E-state index contributed by atoms with van der Waals surface area (Å²) in [6, 6.07) is 0.358. The van der Waals surface area contributed by atoms with Gasteiger partial charge in [0.15, 0.2) is 0 Å². The second-order valence-electron chi connectivity index (χ2n) is 5.11. The summed E-state index contributed by atoms with van der Waals surface area (Å²) in [5, 5.41) is 0. The Morgan fingerprint density at radius 1 is 1.22 bits per heavy atom. The van der Waals surface area contributed by atoms with E-state index in [1.54, 1.807) is 14.0 Å². The molecule has 1 aliphatic carbocycles. The molecule has 1 aliphatic rings. The van der Waals surface area contributed by atoms with Crippen molar-refractivity contribution in [3.8, 4) is 0 Å². The minimum absolute atomic E-state index is 0.0332. The molecule has 0 aliphatic heterocycles. The van der Waals surface area contributed by atoms with Crippen LogP contribution in [0.15, 0.2) is 0 Å². The van der Waals surface area contributed by atoms with Gasteiger partial charge in [-0.15, -0.1) is 0 Å². The standard InChI is InChI=1S/C13H23BrN2O2/c1-10(14)13(18)15(2)9-12(17)16(3)11-7-5-4-6-8-11/h10-11H,4-9H2,1-3H3. The van der Waals surface area contributed by atoms with E-state index >= 15 is 0 Å². The van der Waals surface area contributed by atoms with E-state index in [0.717, 1.165) is 12.8 Å². The molecule has 1 unspecified atom stereocenters. The molecule has 2 amide bonds. The number of amides is 2. The Morgan fingerprint density at radius 3 is 2.28 bits per heavy atom. The number of alkyl halides is 1. The van der Waals surface area contributed by atoms with Gasteiger partial charge in [0.2, 0.25) is 11.8 Å². The zero-order valence-electron chi connectivity index (χ0n) is 11.5. The maximum atomic E-state index is 12.1. The minimum atomic E-state index is -0.240. The number of hydrogen-bond donors (Lipinski definition) is 0. The first-order valence-electron chi connectivity index (χ1n) is 6.58. The Morgan fingerprint density at radius 2 is 1.78 bits per heavy atom. The van der Waals surface area contributed by atoms with Crippen molar-refractivity contribution in [2.75, 3.05) is 20.6 Å². The summed E-state index contributed by atoms with van der Waals surface area (Å²) in [7, 11) is 3.53. The molecule has 4 nitrogen and oxygen atoms in total. The number of carbonyl (C=O) groups is 2. The molecule has 1 saturated carbocycles. The predicted octanol–water partition coefficient (Wildman–Crippen LogP) is 2.02. The number of nitrogens with zero attached hydrogens (tertiary/aromatic N) is 2. The van der Waals surface area contributed by atoms with Crippen LogP contribution in [0.25, 0.3) is 0 Å². The summed E-state index contributed by atoms with van der Waals surface area (Å²) in [4.78, 5) is 26.8. The van der Waals surface area contributed by atoms with Gasteiger partial charge in [-0.1, -0.05) is 35.2 Å². The molecule has 104 valence electrons. The molecule has 0 heterocycles. The van der Waals surface area contributed by atoms with Gasteiger partial charge in [-0.3, -0.25) is 9.59 Å². The third-order valence-corrected chi connectivity index (χ3v) is 4.00. The molecule has 5 heteroatoms. The Hall–Kier alpha value is -0.580. The molecule has 0 saturated heterocycles. The molecule has 0 N–H and O–H groups in total. The SMILES string of the molecule is CC(Br)C(=O)N(C)CC(=O)N(C)C1CCCCC1.